The van der Waals surface area contributed by atoms with Crippen molar-refractivity contribution in [2.75, 3.05) is 18.2 Å². The number of carbonyl (C=O) groups excluding carboxylic acids is 3. The second-order valence-corrected chi connectivity index (χ2v) is 8.35. The molecule has 0 saturated heterocycles. The summed E-state index contributed by atoms with van der Waals surface area (Å²) in [7, 11) is 1.61. The van der Waals surface area contributed by atoms with Crippen LogP contribution < -0.4 is 21.5 Å². The molecule has 2 aromatic carbocycles. The summed E-state index contributed by atoms with van der Waals surface area (Å²) in [6.45, 7) is 2.80. The van der Waals surface area contributed by atoms with Crippen LogP contribution in [0.4, 0.5) is 5.69 Å². The highest BCUT2D eigenvalue weighted by Crippen LogP contribution is 2.26. The summed E-state index contributed by atoms with van der Waals surface area (Å²) in [5, 5.41) is 11.9. The van der Waals surface area contributed by atoms with E-state index in [-0.39, 0.29) is 28.5 Å². The minimum atomic E-state index is -0.733. The molecule has 0 saturated carbocycles. The molecule has 0 atom stereocenters. The maximum absolute atomic E-state index is 12.6. The summed E-state index contributed by atoms with van der Waals surface area (Å²) in [4.78, 5) is 35.6. The molecule has 1 aromatic heterocycles. The van der Waals surface area contributed by atoms with Gasteiger partial charge in [0.2, 0.25) is 17.7 Å². The minimum absolute atomic E-state index is 0.0412. The molecule has 1 heterocycles. The smallest absolute Gasteiger partial charge is 0.248 e. The average molecular weight is 483 g/mol. The molecule has 3 rings (SSSR count). The number of ether oxygens (including phenoxy) is 1. The van der Waals surface area contributed by atoms with Crippen LogP contribution in [0.25, 0.3) is 11.4 Å². The highest BCUT2D eigenvalue weighted by atomic mass is 32.2. The number of thioether (sulfide) groups is 1. The average Bonchev–Trinajstić information content (AvgIpc) is 3.23. The number of carbonyl (C=O) groups is 3. The molecule has 0 radical (unpaired) electrons. The van der Waals surface area contributed by atoms with E-state index in [2.05, 4.69) is 22.4 Å². The topological polar surface area (TPSA) is 155 Å². The van der Waals surface area contributed by atoms with Crippen molar-refractivity contribution in [3.05, 3.63) is 53.6 Å². The van der Waals surface area contributed by atoms with Crippen molar-refractivity contribution in [3.8, 4) is 17.1 Å². The van der Waals surface area contributed by atoms with Crippen LogP contribution in [-0.4, -0.2) is 45.3 Å². The number of unbranched alkanes of at least 4 members (excludes halogenated alkanes) is 1. The molecule has 3 aromatic rings. The molecule has 3 amide bonds. The SMILES string of the molecule is CCCCn1c(SCC(=O)Nc2cc(C(N)=O)cc(C(N)=O)c2)nnc1-c1ccc(OC)cc1. The zero-order chi connectivity index (χ0) is 24.7. The van der Waals surface area contributed by atoms with Crippen LogP contribution in [0, 0.1) is 0 Å². The van der Waals surface area contributed by atoms with E-state index < -0.39 is 11.8 Å². The zero-order valence-electron chi connectivity index (χ0n) is 18.9. The number of nitrogens with zero attached hydrogens (tertiary/aromatic N) is 3. The minimum Gasteiger partial charge on any atom is -0.497 e. The predicted octanol–water partition coefficient (Wildman–Crippen LogP) is 2.68. The fraction of sp³-hybridized carbons (Fsp3) is 0.261. The molecule has 0 aliphatic carbocycles. The van der Waals surface area contributed by atoms with Crippen LogP contribution in [0.15, 0.2) is 47.6 Å². The van der Waals surface area contributed by atoms with Gasteiger partial charge in [-0.2, -0.15) is 0 Å². The maximum Gasteiger partial charge on any atom is 0.248 e. The van der Waals surface area contributed by atoms with Gasteiger partial charge in [0, 0.05) is 28.9 Å². The highest BCUT2D eigenvalue weighted by Gasteiger charge is 2.16. The first-order valence-electron chi connectivity index (χ1n) is 10.6. The van der Waals surface area contributed by atoms with Crippen molar-refractivity contribution >= 4 is 35.2 Å². The second-order valence-electron chi connectivity index (χ2n) is 7.40. The Kier molecular flexibility index (Phi) is 8.25. The van der Waals surface area contributed by atoms with E-state index in [0.29, 0.717) is 17.5 Å². The number of anilines is 1. The van der Waals surface area contributed by atoms with Gasteiger partial charge in [0.25, 0.3) is 0 Å². The van der Waals surface area contributed by atoms with Crippen molar-refractivity contribution in [2.45, 2.75) is 31.5 Å². The van der Waals surface area contributed by atoms with Crippen molar-refractivity contribution in [2.24, 2.45) is 11.5 Å². The molecule has 10 nitrogen and oxygen atoms in total. The number of amides is 3. The number of hydrogen-bond acceptors (Lipinski definition) is 7. The molecule has 5 N–H and O–H groups in total. The first-order valence-corrected chi connectivity index (χ1v) is 11.6. The van der Waals surface area contributed by atoms with Crippen molar-refractivity contribution in [1.82, 2.24) is 14.8 Å². The number of benzene rings is 2. The van der Waals surface area contributed by atoms with Crippen LogP contribution in [0.3, 0.4) is 0 Å². The van der Waals surface area contributed by atoms with Crippen molar-refractivity contribution in [3.63, 3.8) is 0 Å². The maximum atomic E-state index is 12.6. The third kappa shape index (κ3) is 6.13. The lowest BCUT2D eigenvalue weighted by Crippen LogP contribution is -2.19. The normalized spacial score (nSPS) is 10.6. The number of nitrogens with two attached hydrogens (primary N) is 2. The van der Waals surface area contributed by atoms with E-state index in [1.54, 1.807) is 7.11 Å². The third-order valence-electron chi connectivity index (χ3n) is 4.92. The Hall–Kier alpha value is -3.86. The molecular weight excluding hydrogens is 456 g/mol. The van der Waals surface area contributed by atoms with E-state index >= 15 is 0 Å². The van der Waals surface area contributed by atoms with Gasteiger partial charge in [-0.3, -0.25) is 14.4 Å². The van der Waals surface area contributed by atoms with E-state index in [1.165, 1.54) is 30.0 Å². The first kappa shape index (κ1) is 24.8. The van der Waals surface area contributed by atoms with E-state index in [0.717, 1.165) is 24.2 Å². The molecule has 0 fully saturated rings. The molecule has 0 bridgehead atoms. The summed E-state index contributed by atoms with van der Waals surface area (Å²) in [6.07, 6.45) is 1.92. The Balaban J connectivity index is 1.75. The van der Waals surface area contributed by atoms with Crippen LogP contribution in [0.5, 0.6) is 5.75 Å². The van der Waals surface area contributed by atoms with E-state index in [4.69, 9.17) is 16.2 Å². The molecule has 0 aliphatic heterocycles. The van der Waals surface area contributed by atoms with E-state index in [9.17, 15) is 14.4 Å². The molecule has 11 heteroatoms. The van der Waals surface area contributed by atoms with Gasteiger partial charge >= 0.3 is 0 Å². The lowest BCUT2D eigenvalue weighted by atomic mass is 10.1. The Bertz CT molecular complexity index is 1160. The monoisotopic (exact) mass is 482 g/mol. The Morgan fingerprint density at radius 1 is 1.03 bits per heavy atom. The van der Waals surface area contributed by atoms with Gasteiger partial charge < -0.3 is 26.1 Å². The summed E-state index contributed by atoms with van der Waals surface area (Å²) < 4.78 is 7.21. The fourth-order valence-corrected chi connectivity index (χ4v) is 3.94. The summed E-state index contributed by atoms with van der Waals surface area (Å²) in [5.41, 5.74) is 11.9. The number of primary amides is 2. The van der Waals surface area contributed by atoms with Crippen LogP contribution >= 0.6 is 11.8 Å². The van der Waals surface area contributed by atoms with Crippen LogP contribution in [0.2, 0.25) is 0 Å². The highest BCUT2D eigenvalue weighted by molar-refractivity contribution is 7.99. The van der Waals surface area contributed by atoms with Gasteiger partial charge in [-0.05, 0) is 48.9 Å². The number of methoxy groups -OCH3 is 1. The first-order chi connectivity index (χ1) is 16.3. The van der Waals surface area contributed by atoms with Gasteiger partial charge in [-0.1, -0.05) is 25.1 Å². The number of hydrogen-bond donors (Lipinski definition) is 3. The Labute approximate surface area is 201 Å². The molecule has 178 valence electrons. The zero-order valence-corrected chi connectivity index (χ0v) is 19.7. The third-order valence-corrected chi connectivity index (χ3v) is 5.89. The lowest BCUT2D eigenvalue weighted by Gasteiger charge is -2.11. The molecule has 34 heavy (non-hydrogen) atoms. The second kappa shape index (κ2) is 11.3. The number of rotatable bonds is 11. The molecule has 0 unspecified atom stereocenters. The standard InChI is InChI=1S/C23H26N6O4S/c1-3-4-9-29-22(14-5-7-18(33-2)8-6-14)27-28-23(29)34-13-19(30)26-17-11-15(20(24)31)10-16(12-17)21(25)32/h5-8,10-12H,3-4,9,13H2,1-2H3,(H2,24,31)(H2,25,32)(H,26,30). The lowest BCUT2D eigenvalue weighted by molar-refractivity contribution is -0.113. The van der Waals surface area contributed by atoms with Gasteiger partial charge in [-0.15, -0.1) is 10.2 Å². The van der Waals surface area contributed by atoms with Gasteiger partial charge in [0.05, 0.1) is 12.9 Å². The van der Waals surface area contributed by atoms with Crippen LogP contribution in [0.1, 0.15) is 40.5 Å². The van der Waals surface area contributed by atoms with Gasteiger partial charge in [0.15, 0.2) is 11.0 Å². The summed E-state index contributed by atoms with van der Waals surface area (Å²) in [6, 6.07) is 11.6. The molecule has 0 aliphatic rings. The molecular formula is C23H26N6O4S. The summed E-state index contributed by atoms with van der Waals surface area (Å²) >= 11 is 1.24. The number of aromatic nitrogens is 3. The Morgan fingerprint density at radius 3 is 2.24 bits per heavy atom. The van der Waals surface area contributed by atoms with Crippen molar-refractivity contribution < 1.29 is 19.1 Å². The largest absolute Gasteiger partial charge is 0.497 e. The predicted molar refractivity (Wildman–Crippen MR) is 130 cm³/mol. The van der Waals surface area contributed by atoms with Gasteiger partial charge in [-0.25, -0.2) is 0 Å². The quantitative estimate of drug-likeness (QED) is 0.355. The van der Waals surface area contributed by atoms with E-state index in [1.807, 2.05) is 28.8 Å². The summed E-state index contributed by atoms with van der Waals surface area (Å²) in [5.74, 6) is -0.322. The molecule has 0 spiro atoms. The van der Waals surface area contributed by atoms with Gasteiger partial charge in [0.1, 0.15) is 5.75 Å². The number of nitrogens with one attached hydrogen (secondary N) is 1. The van der Waals surface area contributed by atoms with Crippen LogP contribution in [-0.2, 0) is 11.3 Å². The van der Waals surface area contributed by atoms with Crippen molar-refractivity contribution in [1.29, 1.82) is 0 Å². The Morgan fingerprint density at radius 2 is 1.68 bits per heavy atom. The fourth-order valence-electron chi connectivity index (χ4n) is 3.18.